The maximum Gasteiger partial charge on any atom is 0.312 e. The SMILES string of the molecule is O=C1C[C@H](c2cccc3nccnc23)c2c(cc(O)c3c(=O)cc(-c4ccccc4)oc23)O1. The molecule has 0 bridgehead atoms. The van der Waals surface area contributed by atoms with Crippen LogP contribution in [0, 0.1) is 0 Å². The Balaban J connectivity index is 1.70. The number of phenolic OH excluding ortho intramolecular Hbond substituents is 1. The number of fused-ring (bicyclic) bond motifs is 4. The Hall–Kier alpha value is -4.52. The Kier molecular flexibility index (Phi) is 4.23. The summed E-state index contributed by atoms with van der Waals surface area (Å²) < 4.78 is 11.7. The van der Waals surface area contributed by atoms with Crippen molar-refractivity contribution in [2.45, 2.75) is 12.3 Å². The molecule has 33 heavy (non-hydrogen) atoms. The molecule has 7 nitrogen and oxygen atoms in total. The van der Waals surface area contributed by atoms with Crippen molar-refractivity contribution >= 4 is 28.0 Å². The Morgan fingerprint density at radius 1 is 0.939 bits per heavy atom. The first-order chi connectivity index (χ1) is 16.1. The highest BCUT2D eigenvalue weighted by Crippen LogP contribution is 2.46. The number of carbonyl (C=O) groups excluding carboxylic acids is 1. The molecule has 0 fully saturated rings. The fourth-order valence-electron chi connectivity index (χ4n) is 4.47. The third-order valence-corrected chi connectivity index (χ3v) is 5.89. The monoisotopic (exact) mass is 436 g/mol. The van der Waals surface area contributed by atoms with E-state index >= 15 is 0 Å². The second-order valence-corrected chi connectivity index (χ2v) is 7.85. The maximum absolute atomic E-state index is 13.0. The molecular formula is C26H16N2O5. The smallest absolute Gasteiger partial charge is 0.312 e. The first-order valence-electron chi connectivity index (χ1n) is 10.4. The summed E-state index contributed by atoms with van der Waals surface area (Å²) in [6.45, 7) is 0. The normalized spacial score (nSPS) is 15.4. The lowest BCUT2D eigenvalue weighted by Gasteiger charge is -2.26. The predicted molar refractivity (Wildman–Crippen MR) is 121 cm³/mol. The number of para-hydroxylation sites is 1. The lowest BCUT2D eigenvalue weighted by Crippen LogP contribution is -2.22. The van der Waals surface area contributed by atoms with Gasteiger partial charge in [0.1, 0.15) is 28.2 Å². The first kappa shape index (κ1) is 19.2. The van der Waals surface area contributed by atoms with E-state index in [2.05, 4.69) is 9.97 Å². The molecule has 160 valence electrons. The van der Waals surface area contributed by atoms with Crippen LogP contribution in [0.1, 0.15) is 23.5 Å². The van der Waals surface area contributed by atoms with E-state index in [1.165, 1.54) is 12.1 Å². The number of benzene rings is 3. The van der Waals surface area contributed by atoms with E-state index in [-0.39, 0.29) is 34.3 Å². The van der Waals surface area contributed by atoms with Crippen molar-refractivity contribution in [3.05, 3.63) is 94.4 Å². The number of nitrogens with zero attached hydrogens (tertiary/aromatic N) is 2. The van der Waals surface area contributed by atoms with E-state index in [0.29, 0.717) is 27.9 Å². The van der Waals surface area contributed by atoms with Gasteiger partial charge in [-0.2, -0.15) is 0 Å². The molecule has 0 radical (unpaired) electrons. The van der Waals surface area contributed by atoms with Gasteiger partial charge in [-0.25, -0.2) is 0 Å². The fourth-order valence-corrected chi connectivity index (χ4v) is 4.47. The molecule has 0 saturated carbocycles. The van der Waals surface area contributed by atoms with Gasteiger partial charge < -0.3 is 14.3 Å². The van der Waals surface area contributed by atoms with Gasteiger partial charge in [-0.15, -0.1) is 0 Å². The topological polar surface area (TPSA) is 103 Å². The first-order valence-corrected chi connectivity index (χ1v) is 10.4. The summed E-state index contributed by atoms with van der Waals surface area (Å²) in [5.74, 6) is -0.735. The van der Waals surface area contributed by atoms with Crippen LogP contribution in [-0.2, 0) is 4.79 Å². The standard InChI is InChI=1S/C26H16N2O5/c29-18-12-20(14-5-2-1-3-6-14)33-26-23-16(11-22(31)32-21(23)13-19(30)24(18)26)15-7-4-8-17-25(15)28-10-9-27-17/h1-10,12-13,16,30H,11H2/t16-/m1/s1. The second-order valence-electron chi connectivity index (χ2n) is 7.85. The van der Waals surface area contributed by atoms with Gasteiger partial charge in [0, 0.05) is 41.6 Å². The van der Waals surface area contributed by atoms with Gasteiger partial charge in [-0.1, -0.05) is 42.5 Å². The highest BCUT2D eigenvalue weighted by Gasteiger charge is 2.34. The van der Waals surface area contributed by atoms with Crippen molar-refractivity contribution in [3.63, 3.8) is 0 Å². The molecule has 1 N–H and O–H groups in total. The molecule has 0 spiro atoms. The minimum absolute atomic E-state index is 0.0296. The average Bonchev–Trinajstić information content (AvgIpc) is 2.83. The lowest BCUT2D eigenvalue weighted by atomic mass is 9.84. The number of carbonyl (C=O) groups is 1. The van der Waals surface area contributed by atoms with Crippen molar-refractivity contribution in [1.82, 2.24) is 9.97 Å². The maximum atomic E-state index is 13.0. The van der Waals surface area contributed by atoms with Crippen LogP contribution in [-0.4, -0.2) is 21.0 Å². The number of rotatable bonds is 2. The van der Waals surface area contributed by atoms with Crippen molar-refractivity contribution in [3.8, 4) is 22.8 Å². The van der Waals surface area contributed by atoms with Crippen LogP contribution >= 0.6 is 0 Å². The molecule has 1 aliphatic rings. The van der Waals surface area contributed by atoms with Crippen molar-refractivity contribution in [2.75, 3.05) is 0 Å². The van der Waals surface area contributed by atoms with Crippen LogP contribution in [0.25, 0.3) is 33.3 Å². The average molecular weight is 436 g/mol. The molecule has 5 aromatic rings. The Labute approximate surface area is 186 Å². The molecule has 3 heterocycles. The van der Waals surface area contributed by atoms with Gasteiger partial charge in [-0.05, 0) is 11.6 Å². The zero-order valence-electron chi connectivity index (χ0n) is 17.2. The van der Waals surface area contributed by atoms with E-state index in [9.17, 15) is 14.7 Å². The molecule has 1 atom stereocenters. The number of aromatic hydroxyl groups is 1. The summed E-state index contributed by atoms with van der Waals surface area (Å²) in [5, 5.41) is 10.7. The summed E-state index contributed by atoms with van der Waals surface area (Å²) in [7, 11) is 0. The molecule has 6 rings (SSSR count). The molecule has 3 aromatic carbocycles. The van der Waals surface area contributed by atoms with E-state index in [1.807, 2.05) is 48.5 Å². The number of hydrogen-bond donors (Lipinski definition) is 1. The summed E-state index contributed by atoms with van der Waals surface area (Å²) >= 11 is 0. The van der Waals surface area contributed by atoms with Gasteiger partial charge >= 0.3 is 5.97 Å². The number of esters is 1. The largest absolute Gasteiger partial charge is 0.507 e. The Morgan fingerprint density at radius 3 is 2.61 bits per heavy atom. The van der Waals surface area contributed by atoms with E-state index in [1.54, 1.807) is 12.4 Å². The van der Waals surface area contributed by atoms with Crippen LogP contribution in [0.4, 0.5) is 0 Å². The Bertz CT molecular complexity index is 1620. The summed E-state index contributed by atoms with van der Waals surface area (Å²) in [6, 6.07) is 17.4. The summed E-state index contributed by atoms with van der Waals surface area (Å²) in [5.41, 5.74) is 3.14. The third-order valence-electron chi connectivity index (χ3n) is 5.89. The van der Waals surface area contributed by atoms with E-state index in [4.69, 9.17) is 9.15 Å². The van der Waals surface area contributed by atoms with E-state index in [0.717, 1.165) is 5.56 Å². The molecule has 7 heteroatoms. The minimum atomic E-state index is -0.501. The van der Waals surface area contributed by atoms with Crippen LogP contribution in [0.2, 0.25) is 0 Å². The summed E-state index contributed by atoms with van der Waals surface area (Å²) in [6.07, 6.45) is 3.23. The second kappa shape index (κ2) is 7.27. The number of hydrogen-bond acceptors (Lipinski definition) is 7. The van der Waals surface area contributed by atoms with Crippen molar-refractivity contribution in [1.29, 1.82) is 0 Å². The molecule has 0 amide bonds. The minimum Gasteiger partial charge on any atom is -0.507 e. The van der Waals surface area contributed by atoms with Crippen LogP contribution < -0.4 is 10.2 Å². The number of phenols is 1. The highest BCUT2D eigenvalue weighted by atomic mass is 16.5. The van der Waals surface area contributed by atoms with Gasteiger partial charge in [-0.3, -0.25) is 19.6 Å². The molecular weight excluding hydrogens is 420 g/mol. The third kappa shape index (κ3) is 3.05. The van der Waals surface area contributed by atoms with Crippen molar-refractivity contribution in [2.24, 2.45) is 0 Å². The molecule has 1 aliphatic heterocycles. The van der Waals surface area contributed by atoms with Gasteiger partial charge in [0.25, 0.3) is 0 Å². The molecule has 0 saturated heterocycles. The highest BCUT2D eigenvalue weighted by molar-refractivity contribution is 5.94. The Morgan fingerprint density at radius 2 is 1.76 bits per heavy atom. The van der Waals surface area contributed by atoms with Crippen molar-refractivity contribution < 1.29 is 19.1 Å². The summed E-state index contributed by atoms with van der Waals surface area (Å²) in [4.78, 5) is 34.4. The number of aromatic nitrogens is 2. The van der Waals surface area contributed by atoms with Gasteiger partial charge in [0.2, 0.25) is 0 Å². The fraction of sp³-hybridized carbons (Fsp3) is 0.0769. The van der Waals surface area contributed by atoms with Gasteiger partial charge in [0.15, 0.2) is 5.43 Å². The molecule has 0 unspecified atom stereocenters. The van der Waals surface area contributed by atoms with Crippen LogP contribution in [0.5, 0.6) is 11.5 Å². The van der Waals surface area contributed by atoms with Gasteiger partial charge in [0.05, 0.1) is 17.5 Å². The quantitative estimate of drug-likeness (QED) is 0.320. The zero-order valence-corrected chi connectivity index (χ0v) is 17.2. The van der Waals surface area contributed by atoms with Crippen LogP contribution in [0.15, 0.2) is 82.3 Å². The number of ether oxygens (including phenoxy) is 1. The molecule has 0 aliphatic carbocycles. The zero-order chi connectivity index (χ0) is 22.5. The predicted octanol–water partition coefficient (Wildman–Crippen LogP) is 4.55. The lowest BCUT2D eigenvalue weighted by molar-refractivity contribution is -0.135. The van der Waals surface area contributed by atoms with Crippen LogP contribution in [0.3, 0.4) is 0 Å². The molecule has 2 aromatic heterocycles. The van der Waals surface area contributed by atoms with E-state index < -0.39 is 11.9 Å².